The molecule has 3 nitrogen and oxygen atoms in total. The van der Waals surface area contributed by atoms with Crippen LogP contribution in [0.4, 0.5) is 4.79 Å². The van der Waals surface area contributed by atoms with Crippen molar-refractivity contribution in [1.82, 2.24) is 4.90 Å². The molecule has 0 unspecified atom stereocenters. The summed E-state index contributed by atoms with van der Waals surface area (Å²) in [5, 5.41) is -0.117. The lowest BCUT2D eigenvalue weighted by Crippen LogP contribution is -2.34. The van der Waals surface area contributed by atoms with Gasteiger partial charge in [0, 0.05) is 6.54 Å². The number of amides is 2. The fourth-order valence-corrected chi connectivity index (χ4v) is 4.36. The van der Waals surface area contributed by atoms with Crippen molar-refractivity contribution >= 4 is 29.0 Å². The molecule has 134 valence electrons. The van der Waals surface area contributed by atoms with Crippen molar-refractivity contribution in [3.8, 4) is 0 Å². The summed E-state index contributed by atoms with van der Waals surface area (Å²) >= 11 is 1.07. The van der Waals surface area contributed by atoms with E-state index in [4.69, 9.17) is 0 Å². The fourth-order valence-electron chi connectivity index (χ4n) is 3.52. The average molecular weight is 358 g/mol. The lowest BCUT2D eigenvalue weighted by molar-refractivity contribution is -0.123. The summed E-state index contributed by atoms with van der Waals surface area (Å²) in [5.74, 6) is 0.355. The number of carbonyl (C=O) groups excluding carboxylic acids is 2. The van der Waals surface area contributed by atoms with Crippen LogP contribution >= 0.6 is 11.8 Å². The van der Waals surface area contributed by atoms with Crippen LogP contribution in [0.15, 0.2) is 29.2 Å². The molecule has 0 N–H and O–H groups in total. The first-order valence-electron chi connectivity index (χ1n) is 9.20. The van der Waals surface area contributed by atoms with Crippen LogP contribution in [0, 0.1) is 5.92 Å². The molecule has 0 aromatic heterocycles. The SMILES string of the molecule is CC(C)(C)c1ccc(/C=C2/SC(=O)N(CC3CCCCC3)C2=O)cc1. The highest BCUT2D eigenvalue weighted by molar-refractivity contribution is 8.18. The Balaban J connectivity index is 1.71. The van der Waals surface area contributed by atoms with E-state index >= 15 is 0 Å². The van der Waals surface area contributed by atoms with Crippen molar-refractivity contribution in [2.75, 3.05) is 6.54 Å². The Hall–Kier alpha value is -1.55. The van der Waals surface area contributed by atoms with Gasteiger partial charge < -0.3 is 0 Å². The van der Waals surface area contributed by atoms with Crippen LogP contribution in [0.1, 0.15) is 64.0 Å². The normalized spacial score (nSPS) is 21.4. The zero-order valence-corrected chi connectivity index (χ0v) is 16.2. The molecule has 25 heavy (non-hydrogen) atoms. The van der Waals surface area contributed by atoms with Gasteiger partial charge in [-0.3, -0.25) is 14.5 Å². The van der Waals surface area contributed by atoms with Gasteiger partial charge in [-0.05, 0) is 53.1 Å². The second kappa shape index (κ2) is 7.36. The maximum atomic E-state index is 12.6. The molecule has 1 aromatic rings. The van der Waals surface area contributed by atoms with E-state index in [1.165, 1.54) is 29.7 Å². The topological polar surface area (TPSA) is 37.4 Å². The number of thioether (sulfide) groups is 1. The highest BCUT2D eigenvalue weighted by Crippen LogP contribution is 2.35. The van der Waals surface area contributed by atoms with Gasteiger partial charge in [0.2, 0.25) is 0 Å². The molecule has 4 heteroatoms. The number of carbonyl (C=O) groups is 2. The van der Waals surface area contributed by atoms with Crippen molar-refractivity contribution in [3.05, 3.63) is 40.3 Å². The molecule has 2 fully saturated rings. The summed E-state index contributed by atoms with van der Waals surface area (Å²) in [6.07, 6.45) is 7.83. The van der Waals surface area contributed by atoms with Gasteiger partial charge >= 0.3 is 0 Å². The summed E-state index contributed by atoms with van der Waals surface area (Å²) in [6, 6.07) is 8.24. The van der Waals surface area contributed by atoms with Gasteiger partial charge in [-0.25, -0.2) is 0 Å². The highest BCUT2D eigenvalue weighted by atomic mass is 32.2. The molecule has 0 atom stereocenters. The first-order chi connectivity index (χ1) is 11.8. The maximum absolute atomic E-state index is 12.6. The van der Waals surface area contributed by atoms with Crippen LogP contribution in [0.5, 0.6) is 0 Å². The highest BCUT2D eigenvalue weighted by Gasteiger charge is 2.36. The number of benzene rings is 1. The molecular formula is C21H27NO2S. The molecule has 0 spiro atoms. The maximum Gasteiger partial charge on any atom is 0.293 e. The first-order valence-corrected chi connectivity index (χ1v) is 10.0. The molecule has 1 saturated carbocycles. The van der Waals surface area contributed by atoms with E-state index in [2.05, 4.69) is 32.9 Å². The van der Waals surface area contributed by atoms with Crippen LogP contribution in [-0.2, 0) is 10.2 Å². The quantitative estimate of drug-likeness (QED) is 0.661. The van der Waals surface area contributed by atoms with E-state index in [0.29, 0.717) is 17.4 Å². The molecule has 1 aliphatic heterocycles. The van der Waals surface area contributed by atoms with Crippen molar-refractivity contribution in [2.45, 2.75) is 58.3 Å². The Kier molecular flexibility index (Phi) is 5.38. The van der Waals surface area contributed by atoms with E-state index in [1.807, 2.05) is 18.2 Å². The van der Waals surface area contributed by atoms with Gasteiger partial charge in [0.05, 0.1) is 4.91 Å². The zero-order chi connectivity index (χ0) is 18.0. The molecule has 2 amide bonds. The van der Waals surface area contributed by atoms with E-state index in [1.54, 1.807) is 0 Å². The smallest absolute Gasteiger partial charge is 0.268 e. The standard InChI is InChI=1S/C21H27NO2S/c1-21(2,3)17-11-9-15(10-12-17)13-18-19(23)22(20(24)25-18)14-16-7-5-4-6-8-16/h9-13,16H,4-8,14H2,1-3H3/b18-13+. The number of imide groups is 1. The lowest BCUT2D eigenvalue weighted by atomic mass is 9.87. The van der Waals surface area contributed by atoms with Crippen LogP contribution in [-0.4, -0.2) is 22.6 Å². The number of rotatable bonds is 3. The Bertz CT molecular complexity index is 679. The van der Waals surface area contributed by atoms with Gasteiger partial charge in [-0.1, -0.05) is 64.3 Å². The molecule has 1 aliphatic carbocycles. The third kappa shape index (κ3) is 4.35. The summed E-state index contributed by atoms with van der Waals surface area (Å²) < 4.78 is 0. The van der Waals surface area contributed by atoms with Gasteiger partial charge in [0.25, 0.3) is 11.1 Å². The number of nitrogens with zero attached hydrogens (tertiary/aromatic N) is 1. The second-order valence-corrected chi connectivity index (χ2v) is 9.16. The van der Waals surface area contributed by atoms with E-state index in [9.17, 15) is 9.59 Å². The molecule has 3 rings (SSSR count). The molecule has 2 aliphatic rings. The van der Waals surface area contributed by atoms with E-state index < -0.39 is 0 Å². The first kappa shape index (κ1) is 18.2. The minimum atomic E-state index is -0.125. The summed E-state index contributed by atoms with van der Waals surface area (Å²) in [5.41, 5.74) is 2.34. The molecule has 1 saturated heterocycles. The van der Waals surface area contributed by atoms with Crippen LogP contribution in [0.2, 0.25) is 0 Å². The number of hydrogen-bond donors (Lipinski definition) is 0. The summed E-state index contributed by atoms with van der Waals surface area (Å²) in [6.45, 7) is 7.13. The predicted octanol–water partition coefficient (Wildman–Crippen LogP) is 5.60. The largest absolute Gasteiger partial charge is 0.293 e. The predicted molar refractivity (Wildman–Crippen MR) is 104 cm³/mol. The average Bonchev–Trinajstić information content (AvgIpc) is 2.83. The van der Waals surface area contributed by atoms with Crippen molar-refractivity contribution < 1.29 is 9.59 Å². The molecular weight excluding hydrogens is 330 g/mol. The van der Waals surface area contributed by atoms with Crippen molar-refractivity contribution in [3.63, 3.8) is 0 Å². The van der Waals surface area contributed by atoms with Crippen LogP contribution in [0.25, 0.3) is 6.08 Å². The molecule has 0 bridgehead atoms. The summed E-state index contributed by atoms with van der Waals surface area (Å²) in [7, 11) is 0. The molecule has 0 radical (unpaired) electrons. The van der Waals surface area contributed by atoms with Crippen molar-refractivity contribution in [2.24, 2.45) is 5.92 Å². The summed E-state index contributed by atoms with van der Waals surface area (Å²) in [4.78, 5) is 26.9. The Morgan fingerprint density at radius 2 is 1.72 bits per heavy atom. The monoisotopic (exact) mass is 357 g/mol. The fraction of sp³-hybridized carbons (Fsp3) is 0.524. The second-order valence-electron chi connectivity index (χ2n) is 8.17. The van der Waals surface area contributed by atoms with E-state index in [-0.39, 0.29) is 16.6 Å². The lowest BCUT2D eigenvalue weighted by Gasteiger charge is -2.25. The van der Waals surface area contributed by atoms with Gasteiger partial charge in [-0.2, -0.15) is 0 Å². The number of hydrogen-bond acceptors (Lipinski definition) is 3. The van der Waals surface area contributed by atoms with Gasteiger partial charge in [0.1, 0.15) is 0 Å². The van der Waals surface area contributed by atoms with Crippen molar-refractivity contribution in [1.29, 1.82) is 0 Å². The minimum absolute atomic E-state index is 0.108. The van der Waals surface area contributed by atoms with Gasteiger partial charge in [0.15, 0.2) is 0 Å². The molecule has 1 aromatic carbocycles. The minimum Gasteiger partial charge on any atom is -0.268 e. The zero-order valence-electron chi connectivity index (χ0n) is 15.4. The van der Waals surface area contributed by atoms with E-state index in [0.717, 1.165) is 30.2 Å². The van der Waals surface area contributed by atoms with Gasteiger partial charge in [-0.15, -0.1) is 0 Å². The third-order valence-corrected chi connectivity index (χ3v) is 6.02. The van der Waals surface area contributed by atoms with Crippen LogP contribution < -0.4 is 0 Å². The van der Waals surface area contributed by atoms with Crippen LogP contribution in [0.3, 0.4) is 0 Å². The Labute approximate surface area is 154 Å². The Morgan fingerprint density at radius 1 is 1.08 bits per heavy atom. The molecule has 1 heterocycles. The third-order valence-electron chi connectivity index (χ3n) is 5.11. The Morgan fingerprint density at radius 3 is 2.32 bits per heavy atom.